The van der Waals surface area contributed by atoms with E-state index in [4.69, 9.17) is 0 Å². The number of thiophene rings is 1. The molecule has 3 heterocycles. The van der Waals surface area contributed by atoms with Gasteiger partial charge in [0.25, 0.3) is 10.0 Å². The van der Waals surface area contributed by atoms with Gasteiger partial charge in [-0.2, -0.15) is 4.31 Å². The monoisotopic (exact) mass is 421 g/mol. The van der Waals surface area contributed by atoms with Gasteiger partial charge in [0.15, 0.2) is 0 Å². The fraction of sp³-hybridized carbons (Fsp3) is 0.706. The van der Waals surface area contributed by atoms with Crippen molar-refractivity contribution in [1.82, 2.24) is 14.5 Å². The Hall–Kier alpha value is -0.670. The smallest absolute Gasteiger partial charge is 0.252 e. The molecule has 1 aromatic rings. The van der Waals surface area contributed by atoms with Crippen LogP contribution in [-0.4, -0.2) is 63.3 Å². The third kappa shape index (κ3) is 4.98. The number of nitrogens with zero attached hydrogens (tertiary/aromatic N) is 2. The fourth-order valence-corrected chi connectivity index (χ4v) is 6.62. The maximum Gasteiger partial charge on any atom is 0.252 e. The van der Waals surface area contributed by atoms with E-state index in [2.05, 4.69) is 5.32 Å². The molecule has 2 aliphatic rings. The standard InChI is InChI=1S/C17H27N3O3S2.ClH/c1-18-12-14-7-10-19(13-14)16(21)11-15-5-6-17(24-15)25(22,23)20-8-3-2-4-9-20;/h5-6,14,18H,2-4,7-13H2,1H3;1H. The van der Waals surface area contributed by atoms with Crippen molar-refractivity contribution in [3.05, 3.63) is 17.0 Å². The van der Waals surface area contributed by atoms with Crippen LogP contribution < -0.4 is 5.32 Å². The molecule has 1 amide bonds. The predicted octanol–water partition coefficient (Wildman–Crippen LogP) is 1.95. The number of amides is 1. The first-order valence-electron chi connectivity index (χ1n) is 9.02. The van der Waals surface area contributed by atoms with Gasteiger partial charge < -0.3 is 10.2 Å². The Bertz CT molecular complexity index is 702. The van der Waals surface area contributed by atoms with E-state index >= 15 is 0 Å². The van der Waals surface area contributed by atoms with Crippen LogP contribution in [0.15, 0.2) is 16.3 Å². The van der Waals surface area contributed by atoms with Crippen LogP contribution in [0.2, 0.25) is 0 Å². The first-order valence-corrected chi connectivity index (χ1v) is 11.3. The lowest BCUT2D eigenvalue weighted by Crippen LogP contribution is -2.35. The molecule has 1 atom stereocenters. The van der Waals surface area contributed by atoms with E-state index < -0.39 is 10.0 Å². The van der Waals surface area contributed by atoms with Crippen molar-refractivity contribution >= 4 is 39.7 Å². The van der Waals surface area contributed by atoms with Crippen LogP contribution in [0, 0.1) is 5.92 Å². The molecule has 0 radical (unpaired) electrons. The summed E-state index contributed by atoms with van der Waals surface area (Å²) >= 11 is 1.24. The zero-order valence-electron chi connectivity index (χ0n) is 15.1. The quantitative estimate of drug-likeness (QED) is 0.762. The summed E-state index contributed by atoms with van der Waals surface area (Å²) in [6, 6.07) is 3.45. The van der Waals surface area contributed by atoms with Crippen LogP contribution >= 0.6 is 23.7 Å². The second-order valence-corrected chi connectivity index (χ2v) is 10.2. The molecule has 1 unspecified atom stereocenters. The van der Waals surface area contributed by atoms with Gasteiger partial charge in [-0.1, -0.05) is 6.42 Å². The molecule has 148 valence electrons. The zero-order valence-corrected chi connectivity index (χ0v) is 17.6. The molecule has 2 saturated heterocycles. The summed E-state index contributed by atoms with van der Waals surface area (Å²) in [5.41, 5.74) is 0. The maximum atomic E-state index is 12.7. The Labute approximate surface area is 166 Å². The lowest BCUT2D eigenvalue weighted by atomic mass is 10.1. The zero-order chi connectivity index (χ0) is 17.9. The summed E-state index contributed by atoms with van der Waals surface area (Å²) in [6.07, 6.45) is 4.29. The van der Waals surface area contributed by atoms with Crippen molar-refractivity contribution in [2.45, 2.75) is 36.3 Å². The predicted molar refractivity (Wildman–Crippen MR) is 106 cm³/mol. The van der Waals surface area contributed by atoms with E-state index in [0.717, 1.165) is 50.2 Å². The van der Waals surface area contributed by atoms with Crippen molar-refractivity contribution < 1.29 is 13.2 Å². The number of carbonyl (C=O) groups excluding carboxylic acids is 1. The molecule has 2 fully saturated rings. The minimum atomic E-state index is -3.39. The number of hydrogen-bond acceptors (Lipinski definition) is 5. The Morgan fingerprint density at radius 1 is 1.23 bits per heavy atom. The molecule has 1 aromatic heterocycles. The lowest BCUT2D eigenvalue weighted by Gasteiger charge is -2.25. The first kappa shape index (κ1) is 21.6. The Morgan fingerprint density at radius 2 is 1.96 bits per heavy atom. The average Bonchev–Trinajstić information content (AvgIpc) is 3.26. The molecule has 0 spiro atoms. The highest BCUT2D eigenvalue weighted by atomic mass is 35.5. The summed E-state index contributed by atoms with van der Waals surface area (Å²) in [6.45, 7) is 3.74. The Balaban J connectivity index is 0.00000243. The van der Waals surface area contributed by atoms with Crippen molar-refractivity contribution in [3.8, 4) is 0 Å². The third-order valence-corrected chi connectivity index (χ3v) is 8.45. The number of rotatable bonds is 6. The van der Waals surface area contributed by atoms with Crippen molar-refractivity contribution in [1.29, 1.82) is 0 Å². The molecular weight excluding hydrogens is 394 g/mol. The molecule has 3 rings (SSSR count). The molecule has 6 nitrogen and oxygen atoms in total. The van der Waals surface area contributed by atoms with Gasteiger partial charge in [0, 0.05) is 31.1 Å². The average molecular weight is 422 g/mol. The molecule has 26 heavy (non-hydrogen) atoms. The molecule has 0 bridgehead atoms. The number of likely N-dealkylation sites (tertiary alicyclic amines) is 1. The van der Waals surface area contributed by atoms with Gasteiger partial charge in [0.2, 0.25) is 5.91 Å². The van der Waals surface area contributed by atoms with Crippen LogP contribution in [0.3, 0.4) is 0 Å². The van der Waals surface area contributed by atoms with Gasteiger partial charge in [0.1, 0.15) is 4.21 Å². The van der Waals surface area contributed by atoms with Gasteiger partial charge in [-0.15, -0.1) is 23.7 Å². The first-order chi connectivity index (χ1) is 12.0. The van der Waals surface area contributed by atoms with Crippen LogP contribution in [0.4, 0.5) is 0 Å². The minimum Gasteiger partial charge on any atom is -0.342 e. The molecule has 1 N–H and O–H groups in total. The van der Waals surface area contributed by atoms with Gasteiger partial charge >= 0.3 is 0 Å². The van der Waals surface area contributed by atoms with E-state index in [-0.39, 0.29) is 18.3 Å². The van der Waals surface area contributed by atoms with Crippen LogP contribution in [0.1, 0.15) is 30.6 Å². The number of carbonyl (C=O) groups is 1. The molecule has 0 saturated carbocycles. The molecule has 2 aliphatic heterocycles. The summed E-state index contributed by atoms with van der Waals surface area (Å²) < 4.78 is 27.3. The van der Waals surface area contributed by atoms with Gasteiger partial charge in [-0.25, -0.2) is 8.42 Å². The fourth-order valence-electron chi connectivity index (χ4n) is 3.60. The van der Waals surface area contributed by atoms with Gasteiger partial charge in [-0.3, -0.25) is 4.79 Å². The Morgan fingerprint density at radius 3 is 2.65 bits per heavy atom. The highest BCUT2D eigenvalue weighted by molar-refractivity contribution is 7.91. The summed E-state index contributed by atoms with van der Waals surface area (Å²) in [7, 11) is -1.46. The second-order valence-electron chi connectivity index (χ2n) is 6.91. The van der Waals surface area contributed by atoms with E-state index in [1.807, 2.05) is 11.9 Å². The lowest BCUT2D eigenvalue weighted by molar-refractivity contribution is -0.129. The topological polar surface area (TPSA) is 69.7 Å². The normalized spacial score (nSPS) is 21.6. The summed E-state index contributed by atoms with van der Waals surface area (Å²) in [5, 5.41) is 3.16. The van der Waals surface area contributed by atoms with Crippen LogP contribution in [0.5, 0.6) is 0 Å². The number of hydrogen-bond donors (Lipinski definition) is 1. The largest absolute Gasteiger partial charge is 0.342 e. The number of sulfonamides is 1. The molecule has 0 aromatic carbocycles. The highest BCUT2D eigenvalue weighted by Crippen LogP contribution is 2.28. The number of piperidine rings is 1. The Kier molecular flexibility index (Phi) is 7.90. The second kappa shape index (κ2) is 9.50. The molecule has 9 heteroatoms. The third-order valence-electron chi connectivity index (χ3n) is 5.00. The van der Waals surface area contributed by atoms with E-state index in [1.54, 1.807) is 16.4 Å². The number of nitrogens with one attached hydrogen (secondary N) is 1. The SMILES string of the molecule is CNCC1CCN(C(=O)Cc2ccc(S(=O)(=O)N3CCCCC3)s2)C1.Cl. The van der Waals surface area contributed by atoms with Crippen molar-refractivity contribution in [2.75, 3.05) is 39.8 Å². The maximum absolute atomic E-state index is 12.7. The van der Waals surface area contributed by atoms with E-state index in [1.165, 1.54) is 11.3 Å². The van der Waals surface area contributed by atoms with Gasteiger partial charge in [0.05, 0.1) is 6.42 Å². The highest BCUT2D eigenvalue weighted by Gasteiger charge is 2.29. The summed E-state index contributed by atoms with van der Waals surface area (Å²) in [4.78, 5) is 15.2. The van der Waals surface area contributed by atoms with Gasteiger partial charge in [-0.05, 0) is 50.9 Å². The molecular formula is C17H28ClN3O3S2. The van der Waals surface area contributed by atoms with E-state index in [9.17, 15) is 13.2 Å². The molecule has 0 aliphatic carbocycles. The summed E-state index contributed by atoms with van der Waals surface area (Å²) in [5.74, 6) is 0.620. The minimum absolute atomic E-state index is 0. The van der Waals surface area contributed by atoms with E-state index in [0.29, 0.717) is 29.6 Å². The number of halogens is 1. The van der Waals surface area contributed by atoms with Crippen LogP contribution in [0.25, 0.3) is 0 Å². The van der Waals surface area contributed by atoms with Crippen molar-refractivity contribution in [3.63, 3.8) is 0 Å². The van der Waals surface area contributed by atoms with Crippen molar-refractivity contribution in [2.24, 2.45) is 5.92 Å². The van der Waals surface area contributed by atoms with Crippen LogP contribution in [-0.2, 0) is 21.2 Å².